The fraction of sp³-hybridized carbons (Fsp3) is 0.102. The first-order valence-corrected chi connectivity index (χ1v) is 21.8. The molecule has 0 spiro atoms. The van der Waals surface area contributed by atoms with Crippen molar-refractivity contribution in [1.82, 2.24) is 9.55 Å². The van der Waals surface area contributed by atoms with E-state index in [1.165, 1.54) is 44.8 Å². The van der Waals surface area contributed by atoms with Crippen LogP contribution in [0, 0.1) is 12.1 Å². The molecule has 0 saturated heterocycles. The van der Waals surface area contributed by atoms with Crippen LogP contribution in [0.25, 0.3) is 61.0 Å². The first-order chi connectivity index (χ1) is 30.9. The molecule has 0 N–H and O–H groups in total. The summed E-state index contributed by atoms with van der Waals surface area (Å²) in [6.45, 7) is 7.60. The van der Waals surface area contributed by atoms with Crippen molar-refractivity contribution in [2.24, 2.45) is 0 Å². The molecule has 0 bridgehead atoms. The number of fused-ring (bicyclic) bond motifs is 7. The Morgan fingerprint density at radius 3 is 1.86 bits per heavy atom. The Hall–Kier alpha value is -7.00. The predicted octanol–water partition coefficient (Wildman–Crippen LogP) is 14.2. The average molecular weight is 1000 g/mol. The van der Waals surface area contributed by atoms with Gasteiger partial charge in [-0.3, -0.25) is 0 Å². The number of para-hydroxylation sites is 3. The molecule has 0 amide bonds. The summed E-state index contributed by atoms with van der Waals surface area (Å²) < 4.78 is 2.31. The van der Waals surface area contributed by atoms with Crippen molar-refractivity contribution in [3.8, 4) is 39.2 Å². The predicted molar refractivity (Wildman–Crippen MR) is 260 cm³/mol. The monoisotopic (exact) mass is 1000 g/mol. The number of benzene rings is 8. The third-order valence-electron chi connectivity index (χ3n) is 13.3. The Balaban J connectivity index is 0.00000456. The van der Waals surface area contributed by atoms with Gasteiger partial charge in [0.05, 0.1) is 18.0 Å². The molecule has 0 radical (unpaired) electrons. The molecule has 2 aliphatic rings. The number of nitrogens with zero attached hydrogens (tertiary/aromatic N) is 4. The molecule has 8 aromatic carbocycles. The van der Waals surface area contributed by atoms with Crippen molar-refractivity contribution in [2.75, 3.05) is 16.5 Å². The second-order valence-electron chi connectivity index (χ2n) is 17.7. The van der Waals surface area contributed by atoms with E-state index < -0.39 is 5.41 Å². The van der Waals surface area contributed by atoms with E-state index in [1.807, 2.05) is 6.20 Å². The van der Waals surface area contributed by atoms with Gasteiger partial charge in [0.25, 0.3) is 0 Å². The van der Waals surface area contributed by atoms with E-state index >= 15 is 0 Å². The number of rotatable bonds is 6. The molecule has 0 fully saturated rings. The minimum atomic E-state index is -0.717. The molecular formula is C59H44N4Pt. The van der Waals surface area contributed by atoms with E-state index in [4.69, 9.17) is 4.98 Å². The maximum atomic E-state index is 5.11. The van der Waals surface area contributed by atoms with Crippen LogP contribution in [0.2, 0.25) is 0 Å². The summed E-state index contributed by atoms with van der Waals surface area (Å²) in [7, 11) is 0. The van der Waals surface area contributed by atoms with E-state index in [0.29, 0.717) is 0 Å². The van der Waals surface area contributed by atoms with E-state index in [2.05, 4.69) is 241 Å². The van der Waals surface area contributed by atoms with E-state index in [1.54, 1.807) is 0 Å². The van der Waals surface area contributed by atoms with Crippen LogP contribution < -0.4 is 9.80 Å². The molecule has 12 rings (SSSR count). The fourth-order valence-corrected chi connectivity index (χ4v) is 10.4. The third-order valence-corrected chi connectivity index (χ3v) is 13.3. The van der Waals surface area contributed by atoms with Gasteiger partial charge in [-0.2, -0.15) is 36.4 Å². The van der Waals surface area contributed by atoms with Crippen LogP contribution in [0.15, 0.2) is 200 Å². The molecule has 0 unspecified atom stereocenters. The third kappa shape index (κ3) is 6.04. The molecule has 0 saturated carbocycles. The molecule has 4 nitrogen and oxygen atoms in total. The minimum Gasteiger partial charge on any atom is -0.347 e. The molecule has 3 heterocycles. The molecule has 1 aliphatic heterocycles. The van der Waals surface area contributed by atoms with Crippen molar-refractivity contribution in [3.63, 3.8) is 0 Å². The van der Waals surface area contributed by atoms with Crippen LogP contribution in [0.1, 0.15) is 43.0 Å². The Morgan fingerprint density at radius 1 is 0.516 bits per heavy atom. The minimum absolute atomic E-state index is 0. The van der Waals surface area contributed by atoms with Crippen molar-refractivity contribution in [2.45, 2.75) is 31.7 Å². The maximum absolute atomic E-state index is 5.11. The molecule has 10 aromatic rings. The van der Waals surface area contributed by atoms with E-state index in [9.17, 15) is 0 Å². The van der Waals surface area contributed by atoms with Crippen molar-refractivity contribution in [1.29, 1.82) is 0 Å². The van der Waals surface area contributed by atoms with E-state index in [0.717, 1.165) is 62.2 Å². The zero-order valence-electron chi connectivity index (χ0n) is 35.9. The molecule has 310 valence electrons. The van der Waals surface area contributed by atoms with Gasteiger partial charge in [0.15, 0.2) is 0 Å². The van der Waals surface area contributed by atoms with Gasteiger partial charge in [-0.25, -0.2) is 4.98 Å². The maximum Gasteiger partial charge on any atom is 2.00 e. The van der Waals surface area contributed by atoms with Crippen LogP contribution in [-0.2, 0) is 26.5 Å². The zero-order valence-corrected chi connectivity index (χ0v) is 38.1. The van der Waals surface area contributed by atoms with Crippen LogP contribution >= 0.6 is 0 Å². The van der Waals surface area contributed by atoms with Gasteiger partial charge in [0.2, 0.25) is 0 Å². The molecular weight excluding hydrogens is 960 g/mol. The number of pyridine rings is 1. The smallest absolute Gasteiger partial charge is 0.347 e. The summed E-state index contributed by atoms with van der Waals surface area (Å²) in [5.74, 6) is 0.848. The topological polar surface area (TPSA) is 24.3 Å². The number of anilines is 3. The molecule has 2 aromatic heterocycles. The fourth-order valence-electron chi connectivity index (χ4n) is 10.4. The first-order valence-electron chi connectivity index (χ1n) is 21.8. The van der Waals surface area contributed by atoms with Gasteiger partial charge in [-0.05, 0) is 101 Å². The Bertz CT molecular complexity index is 3350. The Labute approximate surface area is 389 Å². The summed E-state index contributed by atoms with van der Waals surface area (Å²) in [4.78, 5) is 10.0. The first kappa shape index (κ1) is 39.8. The van der Waals surface area contributed by atoms with Crippen molar-refractivity contribution >= 4 is 38.9 Å². The normalized spacial score (nSPS) is 13.7. The summed E-state index contributed by atoms with van der Waals surface area (Å²) >= 11 is 0. The van der Waals surface area contributed by atoms with Gasteiger partial charge < -0.3 is 14.4 Å². The molecule has 1 aliphatic carbocycles. The average Bonchev–Trinajstić information content (AvgIpc) is 3.99. The van der Waals surface area contributed by atoms with Crippen LogP contribution in [0.4, 0.5) is 17.1 Å². The summed E-state index contributed by atoms with van der Waals surface area (Å²) in [6.07, 6.45) is 1.94. The van der Waals surface area contributed by atoms with E-state index in [-0.39, 0.29) is 26.6 Å². The summed E-state index contributed by atoms with van der Waals surface area (Å²) in [6, 6.07) is 78.5. The molecule has 64 heavy (non-hydrogen) atoms. The van der Waals surface area contributed by atoms with Crippen LogP contribution in [0.3, 0.4) is 0 Å². The van der Waals surface area contributed by atoms with Gasteiger partial charge in [-0.15, -0.1) is 22.6 Å². The van der Waals surface area contributed by atoms with Gasteiger partial charge >= 0.3 is 21.1 Å². The largest absolute Gasteiger partial charge is 2.00 e. The SMILES string of the molecule is CC(C)(C)N1CN(c2[c-]c(C3(c4[c-]c5c(cc4)c4ccccc4n5-c4cc(-c5ccccc5-c5ccccc5)ccn4)c4ccccc4-c4ccccc43)ccc2)c2ccccc21.[Pt+2]. The summed E-state index contributed by atoms with van der Waals surface area (Å²) in [5, 5.41) is 2.30. The number of aromatic nitrogens is 2. The van der Waals surface area contributed by atoms with Gasteiger partial charge in [0, 0.05) is 22.7 Å². The number of hydrogen-bond acceptors (Lipinski definition) is 3. The molecule has 0 atom stereocenters. The summed E-state index contributed by atoms with van der Waals surface area (Å²) in [5.41, 5.74) is 16.5. The Kier molecular flexibility index (Phi) is 9.56. The molecule has 5 heteroatoms. The van der Waals surface area contributed by atoms with Crippen molar-refractivity contribution < 1.29 is 21.1 Å². The zero-order chi connectivity index (χ0) is 42.3. The number of hydrogen-bond donors (Lipinski definition) is 0. The second-order valence-corrected chi connectivity index (χ2v) is 17.7. The van der Waals surface area contributed by atoms with Gasteiger partial charge in [0.1, 0.15) is 5.82 Å². The quantitative estimate of drug-likeness (QED) is 0.155. The standard InChI is InChI=1S/C59H44N4.Pt/c1-58(2,3)62-39-61(54-30-15-16-31-55(54)62)44-21-17-20-42(37-44)59(51-27-12-9-24-47(51)48-25-10-13-28-52(48)59)43-32-33-50-49-26-11-14-29-53(49)63(56(50)38-43)57-36-41(34-35-60-57)46-23-8-7-22-45(46)40-18-5-4-6-19-40;/h4-36H,39H2,1-3H3;/q-2;+2. The Morgan fingerprint density at radius 2 is 1.12 bits per heavy atom. The van der Waals surface area contributed by atoms with Crippen LogP contribution in [-0.4, -0.2) is 21.8 Å². The second kappa shape index (κ2) is 15.4. The van der Waals surface area contributed by atoms with Crippen molar-refractivity contribution in [3.05, 3.63) is 235 Å². The van der Waals surface area contributed by atoms with Crippen LogP contribution in [0.5, 0.6) is 0 Å². The van der Waals surface area contributed by atoms with Gasteiger partial charge in [-0.1, -0.05) is 145 Å².